The molecule has 0 atom stereocenters. The smallest absolute Gasteiger partial charge is 0.309 e. The fraction of sp³-hybridized carbons (Fsp3) is 0.200. The van der Waals surface area contributed by atoms with Crippen molar-refractivity contribution in [2.75, 3.05) is 6.61 Å². The number of rotatable bonds is 6. The highest BCUT2D eigenvalue weighted by Gasteiger charge is 2.07. The lowest BCUT2D eigenvalue weighted by atomic mass is 10.1. The minimum atomic E-state index is -0.282. The molecule has 3 aromatic rings. The third-order valence-corrected chi connectivity index (χ3v) is 3.70. The summed E-state index contributed by atoms with van der Waals surface area (Å²) in [6, 6.07) is 17.5. The molecule has 0 spiro atoms. The molecular formula is C20H19NO3. The molecule has 0 saturated heterocycles. The standard InChI is InChI=1S/C20H19NO3/c1-15-7-9-18(10-8-15)23-13-11-19(22)24-14-17-5-2-4-16-6-3-12-21-20(16)17/h2-10,12H,11,13-14H2,1H3. The van der Waals surface area contributed by atoms with E-state index in [-0.39, 0.29) is 19.0 Å². The van der Waals surface area contributed by atoms with Gasteiger partial charge in [0.25, 0.3) is 0 Å². The fourth-order valence-corrected chi connectivity index (χ4v) is 2.40. The number of carbonyl (C=O) groups is 1. The van der Waals surface area contributed by atoms with Crippen molar-refractivity contribution in [2.45, 2.75) is 20.0 Å². The molecule has 122 valence electrons. The van der Waals surface area contributed by atoms with Gasteiger partial charge in [-0.3, -0.25) is 9.78 Å². The summed E-state index contributed by atoms with van der Waals surface area (Å²) in [5, 5.41) is 1.04. The topological polar surface area (TPSA) is 48.4 Å². The van der Waals surface area contributed by atoms with Gasteiger partial charge in [-0.25, -0.2) is 0 Å². The molecule has 2 aromatic carbocycles. The van der Waals surface area contributed by atoms with Crippen molar-refractivity contribution in [2.24, 2.45) is 0 Å². The van der Waals surface area contributed by atoms with Crippen LogP contribution in [0.15, 0.2) is 60.8 Å². The molecule has 0 aliphatic carbocycles. The van der Waals surface area contributed by atoms with Crippen molar-refractivity contribution >= 4 is 16.9 Å². The highest BCUT2D eigenvalue weighted by molar-refractivity contribution is 5.81. The van der Waals surface area contributed by atoms with Gasteiger partial charge in [0.2, 0.25) is 0 Å². The molecule has 4 heteroatoms. The van der Waals surface area contributed by atoms with E-state index in [1.807, 2.05) is 61.5 Å². The van der Waals surface area contributed by atoms with Crippen molar-refractivity contribution in [3.8, 4) is 5.75 Å². The Labute approximate surface area is 141 Å². The van der Waals surface area contributed by atoms with E-state index in [1.54, 1.807) is 6.20 Å². The average molecular weight is 321 g/mol. The lowest BCUT2D eigenvalue weighted by molar-refractivity contribution is -0.145. The zero-order valence-corrected chi connectivity index (χ0v) is 13.6. The van der Waals surface area contributed by atoms with Crippen LogP contribution >= 0.6 is 0 Å². The number of aromatic nitrogens is 1. The van der Waals surface area contributed by atoms with Gasteiger partial charge >= 0.3 is 5.97 Å². The monoisotopic (exact) mass is 321 g/mol. The van der Waals surface area contributed by atoms with Gasteiger partial charge in [0.1, 0.15) is 12.4 Å². The number of esters is 1. The zero-order chi connectivity index (χ0) is 16.8. The molecule has 0 N–H and O–H groups in total. The van der Waals surface area contributed by atoms with E-state index in [1.165, 1.54) is 5.56 Å². The molecule has 0 bridgehead atoms. The summed E-state index contributed by atoms with van der Waals surface area (Å²) in [5.41, 5.74) is 2.94. The van der Waals surface area contributed by atoms with Crippen LogP contribution in [0.1, 0.15) is 17.5 Å². The van der Waals surface area contributed by atoms with Crippen LogP contribution in [-0.2, 0) is 16.1 Å². The predicted octanol–water partition coefficient (Wildman–Crippen LogP) is 4.06. The Morgan fingerprint density at radius 2 is 1.83 bits per heavy atom. The lowest BCUT2D eigenvalue weighted by Crippen LogP contribution is -2.10. The van der Waals surface area contributed by atoms with E-state index in [0.717, 1.165) is 22.2 Å². The molecule has 0 saturated carbocycles. The van der Waals surface area contributed by atoms with Crippen LogP contribution in [0.2, 0.25) is 0 Å². The largest absolute Gasteiger partial charge is 0.493 e. The Kier molecular flexibility index (Phi) is 5.06. The van der Waals surface area contributed by atoms with Gasteiger partial charge in [-0.1, -0.05) is 42.0 Å². The second-order valence-corrected chi connectivity index (χ2v) is 5.56. The number of hydrogen-bond donors (Lipinski definition) is 0. The Morgan fingerprint density at radius 1 is 1.04 bits per heavy atom. The van der Waals surface area contributed by atoms with Crippen LogP contribution in [0.5, 0.6) is 5.75 Å². The Hall–Kier alpha value is -2.88. The second-order valence-electron chi connectivity index (χ2n) is 5.56. The SMILES string of the molecule is Cc1ccc(OCCC(=O)OCc2cccc3cccnc23)cc1. The number of benzene rings is 2. The molecule has 0 radical (unpaired) electrons. The number of aryl methyl sites for hydroxylation is 1. The molecule has 0 unspecified atom stereocenters. The van der Waals surface area contributed by atoms with E-state index in [2.05, 4.69) is 4.98 Å². The molecule has 3 rings (SSSR count). The maximum atomic E-state index is 11.9. The molecule has 1 heterocycles. The number of hydrogen-bond acceptors (Lipinski definition) is 4. The van der Waals surface area contributed by atoms with Crippen molar-refractivity contribution < 1.29 is 14.3 Å². The first-order valence-electron chi connectivity index (χ1n) is 7.90. The second kappa shape index (κ2) is 7.59. The molecule has 24 heavy (non-hydrogen) atoms. The van der Waals surface area contributed by atoms with Crippen LogP contribution in [-0.4, -0.2) is 17.6 Å². The average Bonchev–Trinajstić information content (AvgIpc) is 2.61. The third kappa shape index (κ3) is 4.10. The van der Waals surface area contributed by atoms with E-state index in [9.17, 15) is 4.79 Å². The highest BCUT2D eigenvalue weighted by atomic mass is 16.5. The number of pyridine rings is 1. The Morgan fingerprint density at radius 3 is 2.67 bits per heavy atom. The van der Waals surface area contributed by atoms with Gasteiger partial charge in [-0.2, -0.15) is 0 Å². The number of para-hydroxylation sites is 1. The first-order valence-corrected chi connectivity index (χ1v) is 7.90. The van der Waals surface area contributed by atoms with Gasteiger partial charge in [0.15, 0.2) is 0 Å². The fourth-order valence-electron chi connectivity index (χ4n) is 2.40. The number of fused-ring (bicyclic) bond motifs is 1. The summed E-state index contributed by atoms with van der Waals surface area (Å²) in [7, 11) is 0. The first kappa shape index (κ1) is 16.0. The minimum Gasteiger partial charge on any atom is -0.493 e. The van der Waals surface area contributed by atoms with Crippen LogP contribution in [0.3, 0.4) is 0 Å². The van der Waals surface area contributed by atoms with Gasteiger partial charge in [-0.05, 0) is 25.1 Å². The van der Waals surface area contributed by atoms with E-state index in [0.29, 0.717) is 6.61 Å². The molecule has 4 nitrogen and oxygen atoms in total. The normalized spacial score (nSPS) is 10.5. The van der Waals surface area contributed by atoms with Crippen molar-refractivity contribution in [3.05, 3.63) is 71.9 Å². The minimum absolute atomic E-state index is 0.214. The molecule has 0 fully saturated rings. The summed E-state index contributed by atoms with van der Waals surface area (Å²) < 4.78 is 10.9. The van der Waals surface area contributed by atoms with E-state index >= 15 is 0 Å². The van der Waals surface area contributed by atoms with E-state index < -0.39 is 0 Å². The van der Waals surface area contributed by atoms with Crippen molar-refractivity contribution in [3.63, 3.8) is 0 Å². The van der Waals surface area contributed by atoms with Gasteiger partial charge in [-0.15, -0.1) is 0 Å². The number of nitrogens with zero attached hydrogens (tertiary/aromatic N) is 1. The van der Waals surface area contributed by atoms with Crippen LogP contribution < -0.4 is 4.74 Å². The summed E-state index contributed by atoms with van der Waals surface area (Å²) in [5.74, 6) is 0.474. The summed E-state index contributed by atoms with van der Waals surface area (Å²) in [4.78, 5) is 16.2. The van der Waals surface area contributed by atoms with Crippen LogP contribution in [0.25, 0.3) is 10.9 Å². The maximum absolute atomic E-state index is 11.9. The van der Waals surface area contributed by atoms with Gasteiger partial charge in [0, 0.05) is 17.1 Å². The van der Waals surface area contributed by atoms with Crippen molar-refractivity contribution in [1.82, 2.24) is 4.98 Å². The van der Waals surface area contributed by atoms with Gasteiger partial charge < -0.3 is 9.47 Å². The van der Waals surface area contributed by atoms with Crippen LogP contribution in [0, 0.1) is 6.92 Å². The summed E-state index contributed by atoms with van der Waals surface area (Å²) in [6.45, 7) is 2.54. The maximum Gasteiger partial charge on any atom is 0.309 e. The highest BCUT2D eigenvalue weighted by Crippen LogP contribution is 2.17. The Bertz CT molecular complexity index is 822. The number of carbonyl (C=O) groups excluding carboxylic acids is 1. The molecule has 0 aliphatic heterocycles. The molecule has 0 amide bonds. The van der Waals surface area contributed by atoms with Gasteiger partial charge in [0.05, 0.1) is 18.5 Å². The predicted molar refractivity (Wildman–Crippen MR) is 92.8 cm³/mol. The summed E-state index contributed by atoms with van der Waals surface area (Å²) in [6.07, 6.45) is 1.95. The molecule has 1 aromatic heterocycles. The summed E-state index contributed by atoms with van der Waals surface area (Å²) >= 11 is 0. The van der Waals surface area contributed by atoms with Crippen LogP contribution in [0.4, 0.5) is 0 Å². The van der Waals surface area contributed by atoms with E-state index in [4.69, 9.17) is 9.47 Å². The Balaban J connectivity index is 1.49. The quantitative estimate of drug-likeness (QED) is 0.643. The zero-order valence-electron chi connectivity index (χ0n) is 13.6. The third-order valence-electron chi connectivity index (χ3n) is 3.70. The molecular weight excluding hydrogens is 302 g/mol. The number of ether oxygens (including phenoxy) is 2. The lowest BCUT2D eigenvalue weighted by Gasteiger charge is -2.08. The molecule has 0 aliphatic rings. The first-order chi connectivity index (χ1) is 11.7. The van der Waals surface area contributed by atoms with Crippen molar-refractivity contribution in [1.29, 1.82) is 0 Å².